The summed E-state index contributed by atoms with van der Waals surface area (Å²) in [6.45, 7) is 4.45. The maximum Gasteiger partial charge on any atom is 0.0314 e. The lowest BCUT2D eigenvalue weighted by molar-refractivity contribution is 0.919. The largest absolute Gasteiger partial charge is 0.399 e. The highest BCUT2D eigenvalue weighted by atomic mass is 14.5. The molecule has 4 N–H and O–H groups in total. The van der Waals surface area contributed by atoms with E-state index in [9.17, 15) is 0 Å². The molecule has 2 nitrogen and oxygen atoms in total. The number of anilines is 2. The first-order valence-corrected chi connectivity index (χ1v) is 9.29. The van der Waals surface area contributed by atoms with Crippen LogP contribution < -0.4 is 11.5 Å². The molecular weight excluding hydrogens is 316 g/mol. The molecule has 3 aromatic carbocycles. The van der Waals surface area contributed by atoms with Gasteiger partial charge in [0.25, 0.3) is 0 Å². The molecule has 0 aliphatic rings. The van der Waals surface area contributed by atoms with Gasteiger partial charge in [0.05, 0.1) is 0 Å². The van der Waals surface area contributed by atoms with Crippen molar-refractivity contribution in [3.8, 4) is 0 Å². The van der Waals surface area contributed by atoms with E-state index >= 15 is 0 Å². The van der Waals surface area contributed by atoms with Crippen molar-refractivity contribution in [3.05, 3.63) is 94.0 Å². The summed E-state index contributed by atoms with van der Waals surface area (Å²) in [5, 5.41) is 0. The van der Waals surface area contributed by atoms with E-state index in [-0.39, 0.29) is 0 Å². The van der Waals surface area contributed by atoms with Crippen molar-refractivity contribution in [2.45, 2.75) is 39.5 Å². The third-order valence-electron chi connectivity index (χ3n) is 5.12. The predicted molar refractivity (Wildman–Crippen MR) is 112 cm³/mol. The fourth-order valence-electron chi connectivity index (χ4n) is 3.40. The highest BCUT2D eigenvalue weighted by Crippen LogP contribution is 2.20. The number of aryl methyl sites for hydroxylation is 6. The number of hydrogen-bond donors (Lipinski definition) is 2. The smallest absolute Gasteiger partial charge is 0.0314 e. The fourth-order valence-corrected chi connectivity index (χ4v) is 3.40. The molecule has 0 fully saturated rings. The molecule has 0 radical (unpaired) electrons. The van der Waals surface area contributed by atoms with E-state index in [1.807, 2.05) is 24.3 Å². The maximum atomic E-state index is 5.77. The van der Waals surface area contributed by atoms with Gasteiger partial charge in [-0.3, -0.25) is 0 Å². The Labute approximate surface area is 156 Å². The first-order chi connectivity index (χ1) is 12.5. The molecule has 0 saturated carbocycles. The minimum Gasteiger partial charge on any atom is -0.399 e. The molecule has 0 aliphatic heterocycles. The standard InChI is InChI=1S/C24H28N2/c1-17-15-22(10-4-20-7-13-24(26)14-8-20)18(2)16-21(17)9-3-19-5-11-23(25)12-6-19/h5-8,11-16H,3-4,9-10,25-26H2,1-2H3. The van der Waals surface area contributed by atoms with Crippen LogP contribution in [0.25, 0.3) is 0 Å². The maximum absolute atomic E-state index is 5.77. The third-order valence-corrected chi connectivity index (χ3v) is 5.12. The molecule has 0 bridgehead atoms. The second-order valence-electron chi connectivity index (χ2n) is 7.19. The van der Waals surface area contributed by atoms with Crippen LogP contribution in [0.3, 0.4) is 0 Å². The molecule has 0 atom stereocenters. The Bertz CT molecular complexity index is 787. The van der Waals surface area contributed by atoms with Crippen molar-refractivity contribution in [2.24, 2.45) is 0 Å². The summed E-state index contributed by atoms with van der Waals surface area (Å²) in [4.78, 5) is 0. The van der Waals surface area contributed by atoms with Crippen LogP contribution in [0, 0.1) is 13.8 Å². The minimum atomic E-state index is 0.825. The van der Waals surface area contributed by atoms with Crippen molar-refractivity contribution in [1.29, 1.82) is 0 Å². The summed E-state index contributed by atoms with van der Waals surface area (Å²) >= 11 is 0. The Kier molecular flexibility index (Phi) is 5.62. The van der Waals surface area contributed by atoms with E-state index in [2.05, 4.69) is 50.2 Å². The lowest BCUT2D eigenvalue weighted by Gasteiger charge is -2.13. The van der Waals surface area contributed by atoms with Crippen molar-refractivity contribution in [2.75, 3.05) is 11.5 Å². The molecule has 3 aromatic rings. The van der Waals surface area contributed by atoms with Gasteiger partial charge in [-0.1, -0.05) is 36.4 Å². The van der Waals surface area contributed by atoms with Gasteiger partial charge in [0.15, 0.2) is 0 Å². The summed E-state index contributed by atoms with van der Waals surface area (Å²) in [5.41, 5.74) is 21.5. The van der Waals surface area contributed by atoms with E-state index in [0.717, 1.165) is 37.1 Å². The number of nitrogens with two attached hydrogens (primary N) is 2. The van der Waals surface area contributed by atoms with Gasteiger partial charge < -0.3 is 11.5 Å². The molecule has 0 amide bonds. The Balaban J connectivity index is 1.65. The quantitative estimate of drug-likeness (QED) is 0.616. The van der Waals surface area contributed by atoms with Gasteiger partial charge in [-0.05, 0) is 97.2 Å². The number of nitrogen functional groups attached to an aromatic ring is 2. The van der Waals surface area contributed by atoms with Crippen molar-refractivity contribution in [1.82, 2.24) is 0 Å². The first-order valence-electron chi connectivity index (χ1n) is 9.29. The monoisotopic (exact) mass is 344 g/mol. The van der Waals surface area contributed by atoms with Gasteiger partial charge in [-0.15, -0.1) is 0 Å². The average molecular weight is 345 g/mol. The van der Waals surface area contributed by atoms with E-state index in [0.29, 0.717) is 0 Å². The van der Waals surface area contributed by atoms with Crippen LogP contribution in [0.1, 0.15) is 33.4 Å². The molecule has 134 valence electrons. The summed E-state index contributed by atoms with van der Waals surface area (Å²) in [6.07, 6.45) is 4.22. The van der Waals surface area contributed by atoms with Crippen LogP contribution in [0.4, 0.5) is 11.4 Å². The lowest BCUT2D eigenvalue weighted by Crippen LogP contribution is -2.00. The molecule has 3 rings (SSSR count). The van der Waals surface area contributed by atoms with Crippen LogP contribution in [-0.2, 0) is 25.7 Å². The molecular formula is C24H28N2. The van der Waals surface area contributed by atoms with Crippen LogP contribution >= 0.6 is 0 Å². The zero-order valence-electron chi connectivity index (χ0n) is 15.8. The topological polar surface area (TPSA) is 52.0 Å². The van der Waals surface area contributed by atoms with Gasteiger partial charge in [0.2, 0.25) is 0 Å². The van der Waals surface area contributed by atoms with Crippen LogP contribution in [-0.4, -0.2) is 0 Å². The van der Waals surface area contributed by atoms with Gasteiger partial charge >= 0.3 is 0 Å². The van der Waals surface area contributed by atoms with Gasteiger partial charge in [-0.2, -0.15) is 0 Å². The molecule has 2 heteroatoms. The van der Waals surface area contributed by atoms with Crippen LogP contribution in [0.5, 0.6) is 0 Å². The summed E-state index contributed by atoms with van der Waals surface area (Å²) in [7, 11) is 0. The van der Waals surface area contributed by atoms with Crippen molar-refractivity contribution >= 4 is 11.4 Å². The summed E-state index contributed by atoms with van der Waals surface area (Å²) in [5.74, 6) is 0. The molecule has 26 heavy (non-hydrogen) atoms. The normalized spacial score (nSPS) is 10.8. The van der Waals surface area contributed by atoms with E-state index < -0.39 is 0 Å². The van der Waals surface area contributed by atoms with Crippen molar-refractivity contribution < 1.29 is 0 Å². The molecule has 0 heterocycles. The molecule has 0 aromatic heterocycles. The Hall–Kier alpha value is -2.74. The fraction of sp³-hybridized carbons (Fsp3) is 0.250. The highest BCUT2D eigenvalue weighted by Gasteiger charge is 2.06. The lowest BCUT2D eigenvalue weighted by atomic mass is 9.93. The predicted octanol–water partition coefficient (Wildman–Crippen LogP) is 5.04. The SMILES string of the molecule is Cc1cc(CCc2ccc(N)cc2)c(C)cc1CCc1ccc(N)cc1. The minimum absolute atomic E-state index is 0.825. The van der Waals surface area contributed by atoms with Crippen LogP contribution in [0.15, 0.2) is 60.7 Å². The molecule has 0 aliphatic carbocycles. The number of benzene rings is 3. The first kappa shape index (κ1) is 18.1. The van der Waals surface area contributed by atoms with Crippen LogP contribution in [0.2, 0.25) is 0 Å². The van der Waals surface area contributed by atoms with E-state index in [4.69, 9.17) is 11.5 Å². The zero-order chi connectivity index (χ0) is 18.5. The van der Waals surface area contributed by atoms with Gasteiger partial charge in [0, 0.05) is 11.4 Å². The Morgan fingerprint density at radius 2 is 0.885 bits per heavy atom. The zero-order valence-corrected chi connectivity index (χ0v) is 15.8. The Morgan fingerprint density at radius 1 is 0.538 bits per heavy atom. The van der Waals surface area contributed by atoms with Crippen molar-refractivity contribution in [3.63, 3.8) is 0 Å². The molecule has 0 saturated heterocycles. The second kappa shape index (κ2) is 8.09. The molecule has 0 spiro atoms. The van der Waals surface area contributed by atoms with Gasteiger partial charge in [-0.25, -0.2) is 0 Å². The average Bonchev–Trinajstić information content (AvgIpc) is 2.63. The number of hydrogen-bond acceptors (Lipinski definition) is 2. The summed E-state index contributed by atoms with van der Waals surface area (Å²) < 4.78 is 0. The van der Waals surface area contributed by atoms with E-state index in [1.165, 1.54) is 33.4 Å². The second-order valence-corrected chi connectivity index (χ2v) is 7.19. The van der Waals surface area contributed by atoms with Gasteiger partial charge in [0.1, 0.15) is 0 Å². The third kappa shape index (κ3) is 4.66. The highest BCUT2D eigenvalue weighted by molar-refractivity contribution is 5.42. The Morgan fingerprint density at radius 3 is 1.23 bits per heavy atom. The molecule has 0 unspecified atom stereocenters. The number of rotatable bonds is 6. The van der Waals surface area contributed by atoms with E-state index in [1.54, 1.807) is 0 Å². The summed E-state index contributed by atoms with van der Waals surface area (Å²) in [6, 6.07) is 21.1.